The third kappa shape index (κ3) is 9.58. The van der Waals surface area contributed by atoms with Gasteiger partial charge >= 0.3 is 11.9 Å². The van der Waals surface area contributed by atoms with Crippen molar-refractivity contribution >= 4 is 29.7 Å². The van der Waals surface area contributed by atoms with Crippen molar-refractivity contribution in [3.63, 3.8) is 0 Å². The summed E-state index contributed by atoms with van der Waals surface area (Å²) in [6.45, 7) is 0.704. The van der Waals surface area contributed by atoms with E-state index in [0.717, 1.165) is 0 Å². The van der Waals surface area contributed by atoms with Crippen LogP contribution in [0, 0.1) is 0 Å². The van der Waals surface area contributed by atoms with E-state index >= 15 is 0 Å². The Labute approximate surface area is 177 Å². The van der Waals surface area contributed by atoms with Gasteiger partial charge in [0, 0.05) is 12.8 Å². The average molecular weight is 438 g/mol. The molecule has 170 valence electrons. The lowest BCUT2D eigenvalue weighted by atomic mass is 10.0. The number of phenolic OH excluding ortho intramolecular Hbond substituents is 1. The Balaban J connectivity index is 2.78. The number of carboxylic acids is 2. The highest BCUT2D eigenvalue weighted by Gasteiger charge is 2.26. The SMILES string of the molecule is C[C@H](NC(=O)[C@@H](N)CCC(=O)O)C(=O)N[C@@H](Cc1ccc(O)cc1)C(=O)NCC(=O)O. The van der Waals surface area contributed by atoms with E-state index in [1.165, 1.54) is 31.2 Å². The molecular formula is C19H26N4O8. The van der Waals surface area contributed by atoms with E-state index in [1.807, 2.05) is 0 Å². The van der Waals surface area contributed by atoms with Crippen molar-refractivity contribution in [2.75, 3.05) is 6.54 Å². The number of amides is 3. The number of hydrogen-bond acceptors (Lipinski definition) is 7. The zero-order valence-electron chi connectivity index (χ0n) is 16.8. The van der Waals surface area contributed by atoms with Crippen LogP contribution in [0.1, 0.15) is 25.3 Å². The molecule has 0 aromatic heterocycles. The quantitative estimate of drug-likeness (QED) is 0.198. The molecule has 31 heavy (non-hydrogen) atoms. The zero-order valence-corrected chi connectivity index (χ0v) is 16.8. The summed E-state index contributed by atoms with van der Waals surface area (Å²) < 4.78 is 0. The lowest BCUT2D eigenvalue weighted by Crippen LogP contribution is -2.55. The summed E-state index contributed by atoms with van der Waals surface area (Å²) in [5.74, 6) is -4.57. The van der Waals surface area contributed by atoms with Crippen LogP contribution < -0.4 is 21.7 Å². The fourth-order valence-electron chi connectivity index (χ4n) is 2.46. The molecule has 0 radical (unpaired) electrons. The summed E-state index contributed by atoms with van der Waals surface area (Å²) in [5, 5.41) is 33.7. The Morgan fingerprint density at radius 3 is 2.10 bits per heavy atom. The van der Waals surface area contributed by atoms with Gasteiger partial charge in [0.25, 0.3) is 0 Å². The van der Waals surface area contributed by atoms with Gasteiger partial charge in [-0.3, -0.25) is 24.0 Å². The van der Waals surface area contributed by atoms with Crippen LogP contribution in [0.5, 0.6) is 5.75 Å². The first-order chi connectivity index (χ1) is 14.5. The van der Waals surface area contributed by atoms with E-state index < -0.39 is 54.3 Å². The number of carbonyl (C=O) groups is 5. The van der Waals surface area contributed by atoms with Gasteiger partial charge in [-0.1, -0.05) is 12.1 Å². The normalized spacial score (nSPS) is 13.4. The lowest BCUT2D eigenvalue weighted by Gasteiger charge is -2.22. The fraction of sp³-hybridized carbons (Fsp3) is 0.421. The molecule has 0 aliphatic carbocycles. The molecule has 0 spiro atoms. The summed E-state index contributed by atoms with van der Waals surface area (Å²) in [4.78, 5) is 58.1. The minimum Gasteiger partial charge on any atom is -0.508 e. The van der Waals surface area contributed by atoms with Crippen molar-refractivity contribution in [1.82, 2.24) is 16.0 Å². The van der Waals surface area contributed by atoms with E-state index in [0.29, 0.717) is 5.56 Å². The molecule has 1 aromatic rings. The monoisotopic (exact) mass is 438 g/mol. The summed E-state index contributed by atoms with van der Waals surface area (Å²) in [7, 11) is 0. The van der Waals surface area contributed by atoms with Gasteiger partial charge in [-0.15, -0.1) is 0 Å². The van der Waals surface area contributed by atoms with Gasteiger partial charge < -0.3 is 37.0 Å². The largest absolute Gasteiger partial charge is 0.508 e. The van der Waals surface area contributed by atoms with Crippen LogP contribution in [0.15, 0.2) is 24.3 Å². The van der Waals surface area contributed by atoms with Crippen LogP contribution in [0.4, 0.5) is 0 Å². The van der Waals surface area contributed by atoms with Gasteiger partial charge in [-0.2, -0.15) is 0 Å². The molecule has 0 saturated carbocycles. The first-order valence-corrected chi connectivity index (χ1v) is 9.35. The number of hydrogen-bond donors (Lipinski definition) is 7. The van der Waals surface area contributed by atoms with Gasteiger partial charge in [0.1, 0.15) is 24.4 Å². The molecule has 12 nitrogen and oxygen atoms in total. The van der Waals surface area contributed by atoms with Crippen LogP contribution >= 0.6 is 0 Å². The average Bonchev–Trinajstić information content (AvgIpc) is 2.70. The van der Waals surface area contributed by atoms with Crippen molar-refractivity contribution in [2.24, 2.45) is 5.73 Å². The predicted octanol–water partition coefficient (Wildman–Crippen LogP) is -1.68. The second kappa shape index (κ2) is 12.1. The second-order valence-electron chi connectivity index (χ2n) is 6.81. The van der Waals surface area contributed by atoms with Crippen LogP contribution in [0.25, 0.3) is 0 Å². The van der Waals surface area contributed by atoms with Gasteiger partial charge in [0.2, 0.25) is 17.7 Å². The zero-order chi connectivity index (χ0) is 23.6. The maximum atomic E-state index is 12.5. The Morgan fingerprint density at radius 1 is 0.935 bits per heavy atom. The van der Waals surface area contributed by atoms with Crippen molar-refractivity contribution < 1.29 is 39.3 Å². The van der Waals surface area contributed by atoms with Crippen molar-refractivity contribution in [3.05, 3.63) is 29.8 Å². The molecule has 3 amide bonds. The first kappa shape index (κ1) is 25.4. The number of aliphatic carboxylic acids is 2. The Bertz CT molecular complexity index is 812. The standard InChI is InChI=1S/C19H26N4O8/c1-10(22-18(30)13(20)6-7-15(25)26)17(29)23-14(19(31)21-9-16(27)28)8-11-2-4-12(24)5-3-11/h2-5,10,13-14,24H,6-9,20H2,1H3,(H,21,31)(H,22,30)(H,23,29)(H,25,26)(H,27,28)/t10-,13-,14-/m0/s1. The molecule has 0 aliphatic heterocycles. The molecule has 0 saturated heterocycles. The number of nitrogens with one attached hydrogen (secondary N) is 3. The molecule has 0 bridgehead atoms. The molecule has 0 fully saturated rings. The fourth-order valence-corrected chi connectivity index (χ4v) is 2.46. The highest BCUT2D eigenvalue weighted by atomic mass is 16.4. The molecule has 12 heteroatoms. The summed E-state index contributed by atoms with van der Waals surface area (Å²) in [6.07, 6.45) is -0.430. The Morgan fingerprint density at radius 2 is 1.55 bits per heavy atom. The number of rotatable bonds is 12. The molecule has 0 heterocycles. The number of aromatic hydroxyl groups is 1. The van der Waals surface area contributed by atoms with E-state index in [9.17, 15) is 29.1 Å². The topological polar surface area (TPSA) is 208 Å². The maximum Gasteiger partial charge on any atom is 0.322 e. The van der Waals surface area contributed by atoms with Crippen LogP contribution in [0.3, 0.4) is 0 Å². The Kier molecular flexibility index (Phi) is 9.92. The van der Waals surface area contributed by atoms with E-state index in [4.69, 9.17) is 15.9 Å². The molecule has 8 N–H and O–H groups in total. The van der Waals surface area contributed by atoms with Crippen LogP contribution in [0.2, 0.25) is 0 Å². The minimum atomic E-state index is -1.26. The van der Waals surface area contributed by atoms with Crippen LogP contribution in [-0.2, 0) is 30.4 Å². The Hall–Kier alpha value is -3.67. The highest BCUT2D eigenvalue weighted by molar-refractivity contribution is 5.93. The molecule has 3 atom stereocenters. The van der Waals surface area contributed by atoms with E-state index in [2.05, 4.69) is 16.0 Å². The number of benzene rings is 1. The molecule has 1 rings (SSSR count). The third-order valence-corrected chi connectivity index (χ3v) is 4.18. The van der Waals surface area contributed by atoms with E-state index in [-0.39, 0.29) is 25.0 Å². The van der Waals surface area contributed by atoms with Crippen molar-refractivity contribution in [1.29, 1.82) is 0 Å². The van der Waals surface area contributed by atoms with Gasteiger partial charge in [0.05, 0.1) is 6.04 Å². The van der Waals surface area contributed by atoms with Crippen molar-refractivity contribution in [3.8, 4) is 5.75 Å². The number of nitrogens with two attached hydrogens (primary N) is 1. The highest BCUT2D eigenvalue weighted by Crippen LogP contribution is 2.11. The lowest BCUT2D eigenvalue weighted by molar-refractivity contribution is -0.139. The van der Waals surface area contributed by atoms with Crippen molar-refractivity contribution in [2.45, 2.75) is 44.3 Å². The predicted molar refractivity (Wildman–Crippen MR) is 107 cm³/mol. The third-order valence-electron chi connectivity index (χ3n) is 4.18. The molecular weight excluding hydrogens is 412 g/mol. The first-order valence-electron chi connectivity index (χ1n) is 9.35. The molecule has 1 aromatic carbocycles. The maximum absolute atomic E-state index is 12.5. The number of carboxylic acid groups (broad SMARTS) is 2. The van der Waals surface area contributed by atoms with E-state index in [1.54, 1.807) is 0 Å². The van der Waals surface area contributed by atoms with Gasteiger partial charge in [0.15, 0.2) is 0 Å². The minimum absolute atomic E-state index is 0.00371. The molecule has 0 aliphatic rings. The summed E-state index contributed by atoms with van der Waals surface area (Å²) >= 11 is 0. The number of phenols is 1. The van der Waals surface area contributed by atoms with Gasteiger partial charge in [-0.25, -0.2) is 0 Å². The summed E-state index contributed by atoms with van der Waals surface area (Å²) in [6, 6.07) is 2.47. The second-order valence-corrected chi connectivity index (χ2v) is 6.81. The van der Waals surface area contributed by atoms with Crippen LogP contribution in [-0.4, -0.2) is 69.7 Å². The smallest absolute Gasteiger partial charge is 0.322 e. The molecule has 0 unspecified atom stereocenters. The van der Waals surface area contributed by atoms with Gasteiger partial charge in [-0.05, 0) is 31.0 Å². The number of carbonyl (C=O) groups excluding carboxylic acids is 3. The summed E-state index contributed by atoms with van der Waals surface area (Å²) in [5.41, 5.74) is 6.18.